The molecule has 208 valence electrons. The Labute approximate surface area is 225 Å². The van der Waals surface area contributed by atoms with E-state index >= 15 is 4.39 Å². The van der Waals surface area contributed by atoms with E-state index in [9.17, 15) is 27.5 Å². The quantitative estimate of drug-likeness (QED) is 0.282. The van der Waals surface area contributed by atoms with E-state index in [-0.39, 0.29) is 12.0 Å². The molecule has 1 heterocycles. The number of aliphatic hydroxyl groups is 1. The van der Waals surface area contributed by atoms with Gasteiger partial charge >= 0.3 is 18.6 Å². The number of halogens is 6. The molecule has 0 radical (unpaired) electrons. The van der Waals surface area contributed by atoms with E-state index in [1.807, 2.05) is 0 Å². The normalized spacial score (nSPS) is 21.0. The van der Waals surface area contributed by atoms with Gasteiger partial charge in [-0.1, -0.05) is 54.1 Å². The standard InChI is InChI=1S/C27H25ClF5N3O3/c28-15-9-11-19(35-13-15)22(16-10-12-20(37)23(16)36-26(34)38)21(14-5-2-1-3-6-14)17-7-4-8-18(29)24(17)39-27(32,33)25(30)31/h1-9,11,13,16,20-23,25,37H,10,12H2,(H3,34,36,38)/t16?,20-,21+,22?,23+/m1/s1. The lowest BCUT2D eigenvalue weighted by molar-refractivity contribution is -0.254. The van der Waals surface area contributed by atoms with Crippen LogP contribution in [0, 0.1) is 11.7 Å². The van der Waals surface area contributed by atoms with Crippen LogP contribution in [0.25, 0.3) is 0 Å². The minimum absolute atomic E-state index is 0.150. The summed E-state index contributed by atoms with van der Waals surface area (Å²) in [5.41, 5.74) is 6.10. The molecule has 2 amide bonds. The highest BCUT2D eigenvalue weighted by atomic mass is 35.5. The molecule has 3 aromatic rings. The van der Waals surface area contributed by atoms with Crippen molar-refractivity contribution in [3.05, 3.63) is 94.5 Å². The number of rotatable bonds is 9. The number of aromatic nitrogens is 1. The molecular weight excluding hydrogens is 545 g/mol. The molecule has 2 aromatic carbocycles. The number of pyridine rings is 1. The molecule has 39 heavy (non-hydrogen) atoms. The smallest absolute Gasteiger partial charge is 0.425 e. The van der Waals surface area contributed by atoms with Crippen molar-refractivity contribution >= 4 is 17.6 Å². The van der Waals surface area contributed by atoms with Crippen molar-refractivity contribution in [3.8, 4) is 5.75 Å². The van der Waals surface area contributed by atoms with E-state index in [0.717, 1.165) is 6.07 Å². The number of benzene rings is 2. The van der Waals surface area contributed by atoms with E-state index in [2.05, 4.69) is 15.0 Å². The number of nitrogens with two attached hydrogens (primary N) is 1. The van der Waals surface area contributed by atoms with Gasteiger partial charge in [-0.3, -0.25) is 4.98 Å². The largest absolute Gasteiger partial charge is 0.461 e. The van der Waals surface area contributed by atoms with Crippen molar-refractivity contribution in [1.82, 2.24) is 10.3 Å². The number of alkyl halides is 4. The fourth-order valence-corrected chi connectivity index (χ4v) is 5.41. The molecule has 1 aromatic heterocycles. The molecule has 4 rings (SSSR count). The van der Waals surface area contributed by atoms with Crippen LogP contribution in [0.5, 0.6) is 5.75 Å². The number of ether oxygens (including phenoxy) is 1. The fraction of sp³-hybridized carbons (Fsp3) is 0.333. The maximum atomic E-state index is 15.1. The van der Waals surface area contributed by atoms with Crippen molar-refractivity contribution in [1.29, 1.82) is 0 Å². The lowest BCUT2D eigenvalue weighted by Crippen LogP contribution is -2.48. The second kappa shape index (κ2) is 11.7. The zero-order valence-corrected chi connectivity index (χ0v) is 21.0. The highest BCUT2D eigenvalue weighted by Gasteiger charge is 2.48. The highest BCUT2D eigenvalue weighted by Crippen LogP contribution is 2.51. The molecule has 5 atom stereocenters. The number of para-hydroxylation sites is 1. The maximum Gasteiger partial charge on any atom is 0.461 e. The average Bonchev–Trinajstić information content (AvgIpc) is 3.24. The summed E-state index contributed by atoms with van der Waals surface area (Å²) >= 11 is 6.06. The lowest BCUT2D eigenvalue weighted by Gasteiger charge is -2.37. The van der Waals surface area contributed by atoms with Crippen LogP contribution in [0.1, 0.15) is 41.5 Å². The molecule has 0 bridgehead atoms. The van der Waals surface area contributed by atoms with Crippen LogP contribution in [0.15, 0.2) is 66.9 Å². The van der Waals surface area contributed by atoms with Gasteiger partial charge in [0.05, 0.1) is 17.2 Å². The third-order valence-corrected chi connectivity index (χ3v) is 7.10. The number of amides is 2. The van der Waals surface area contributed by atoms with Crippen LogP contribution in [-0.2, 0) is 0 Å². The van der Waals surface area contributed by atoms with Crippen molar-refractivity contribution in [2.24, 2.45) is 11.7 Å². The first-order chi connectivity index (χ1) is 18.5. The molecule has 1 saturated carbocycles. The lowest BCUT2D eigenvalue weighted by atomic mass is 9.70. The summed E-state index contributed by atoms with van der Waals surface area (Å²) in [5.74, 6) is -4.74. The Morgan fingerprint density at radius 1 is 1.10 bits per heavy atom. The van der Waals surface area contributed by atoms with Crippen molar-refractivity contribution < 1.29 is 36.6 Å². The van der Waals surface area contributed by atoms with Crippen LogP contribution in [0.4, 0.5) is 26.7 Å². The van der Waals surface area contributed by atoms with Gasteiger partial charge in [-0.2, -0.15) is 17.6 Å². The summed E-state index contributed by atoms with van der Waals surface area (Å²) < 4.78 is 73.9. The van der Waals surface area contributed by atoms with Gasteiger partial charge in [0.1, 0.15) is 0 Å². The third-order valence-electron chi connectivity index (χ3n) is 6.88. The fourth-order valence-electron chi connectivity index (χ4n) is 5.30. The molecule has 0 saturated heterocycles. The Morgan fingerprint density at radius 3 is 2.44 bits per heavy atom. The first-order valence-corrected chi connectivity index (χ1v) is 12.4. The minimum atomic E-state index is -4.98. The highest BCUT2D eigenvalue weighted by molar-refractivity contribution is 6.30. The first kappa shape index (κ1) is 28.6. The van der Waals surface area contributed by atoms with Gasteiger partial charge in [0.25, 0.3) is 0 Å². The van der Waals surface area contributed by atoms with E-state index in [0.29, 0.717) is 22.7 Å². The average molecular weight is 570 g/mol. The molecular formula is C27H25ClF5N3O3. The van der Waals surface area contributed by atoms with Gasteiger partial charge in [-0.25, -0.2) is 9.18 Å². The Kier molecular flexibility index (Phi) is 8.60. The van der Waals surface area contributed by atoms with Crippen LogP contribution in [0.3, 0.4) is 0 Å². The van der Waals surface area contributed by atoms with Crippen molar-refractivity contribution in [2.45, 2.75) is 49.4 Å². The number of carbonyl (C=O) groups is 1. The van der Waals surface area contributed by atoms with Crippen LogP contribution in [-0.4, -0.2) is 40.8 Å². The molecule has 6 nitrogen and oxygen atoms in total. The summed E-state index contributed by atoms with van der Waals surface area (Å²) in [7, 11) is 0. The van der Waals surface area contributed by atoms with Gasteiger partial charge in [0.2, 0.25) is 0 Å². The number of hydrogen-bond acceptors (Lipinski definition) is 4. The summed E-state index contributed by atoms with van der Waals surface area (Å²) in [4.78, 5) is 16.3. The van der Waals surface area contributed by atoms with Crippen LogP contribution in [0.2, 0.25) is 5.02 Å². The monoisotopic (exact) mass is 569 g/mol. The van der Waals surface area contributed by atoms with E-state index in [1.165, 1.54) is 18.3 Å². The molecule has 1 aliphatic rings. The molecule has 4 N–H and O–H groups in total. The number of primary amides is 1. The predicted molar refractivity (Wildman–Crippen MR) is 133 cm³/mol. The number of carbonyl (C=O) groups excluding carboxylic acids is 1. The summed E-state index contributed by atoms with van der Waals surface area (Å²) in [6, 6.07) is 13.1. The Balaban J connectivity index is 1.97. The van der Waals surface area contributed by atoms with Crippen LogP contribution < -0.4 is 15.8 Å². The van der Waals surface area contributed by atoms with E-state index in [1.54, 1.807) is 42.5 Å². The molecule has 1 aliphatic carbocycles. The summed E-state index contributed by atoms with van der Waals surface area (Å²) in [6.45, 7) is 0. The van der Waals surface area contributed by atoms with Gasteiger partial charge in [-0.15, -0.1) is 0 Å². The molecule has 0 aliphatic heterocycles. The first-order valence-electron chi connectivity index (χ1n) is 12.0. The van der Waals surface area contributed by atoms with E-state index < -0.39 is 60.0 Å². The topological polar surface area (TPSA) is 97.5 Å². The maximum absolute atomic E-state index is 15.1. The summed E-state index contributed by atoms with van der Waals surface area (Å²) in [5, 5.41) is 13.6. The zero-order chi connectivity index (χ0) is 28.3. The Morgan fingerprint density at radius 2 is 1.82 bits per heavy atom. The minimum Gasteiger partial charge on any atom is -0.425 e. The van der Waals surface area contributed by atoms with Crippen molar-refractivity contribution in [2.75, 3.05) is 0 Å². The zero-order valence-electron chi connectivity index (χ0n) is 20.3. The molecule has 1 fully saturated rings. The number of hydrogen-bond donors (Lipinski definition) is 3. The summed E-state index contributed by atoms with van der Waals surface area (Å²) in [6.07, 6.45) is -8.24. The second-order valence-corrected chi connectivity index (χ2v) is 9.72. The second-order valence-electron chi connectivity index (χ2n) is 9.28. The van der Waals surface area contributed by atoms with Gasteiger partial charge in [0.15, 0.2) is 11.6 Å². The Hall–Kier alpha value is -3.44. The SMILES string of the molecule is NC(=O)N[C@H]1C(C(c2ccc(Cl)cn2)[C@@H](c2ccccc2)c2cccc(F)c2OC(F)(F)C(F)F)CC[C@H]1O. The van der Waals surface area contributed by atoms with Gasteiger partial charge in [0, 0.05) is 29.3 Å². The molecule has 12 heteroatoms. The van der Waals surface area contributed by atoms with Gasteiger partial charge < -0.3 is 20.9 Å². The number of nitrogens with zero attached hydrogens (tertiary/aromatic N) is 1. The predicted octanol–water partition coefficient (Wildman–Crippen LogP) is 5.83. The number of urea groups is 1. The molecule has 0 spiro atoms. The van der Waals surface area contributed by atoms with Gasteiger partial charge in [-0.05, 0) is 42.5 Å². The van der Waals surface area contributed by atoms with Crippen molar-refractivity contribution in [3.63, 3.8) is 0 Å². The number of aliphatic hydroxyl groups excluding tert-OH is 1. The third kappa shape index (κ3) is 6.25. The Bertz CT molecular complexity index is 1280. The van der Waals surface area contributed by atoms with E-state index in [4.69, 9.17) is 17.3 Å². The van der Waals surface area contributed by atoms with Crippen LogP contribution >= 0.6 is 11.6 Å². The molecule has 2 unspecified atom stereocenters. The number of nitrogens with one attached hydrogen (secondary N) is 1.